The second kappa shape index (κ2) is 7.17. The summed E-state index contributed by atoms with van der Waals surface area (Å²) in [6.07, 6.45) is 2.27. The number of nitrogens with one attached hydrogen (secondary N) is 1. The van der Waals surface area contributed by atoms with E-state index in [1.807, 2.05) is 7.05 Å². The van der Waals surface area contributed by atoms with Crippen LogP contribution in [0.4, 0.5) is 0 Å². The predicted molar refractivity (Wildman–Crippen MR) is 61.0 cm³/mol. The van der Waals surface area contributed by atoms with Crippen molar-refractivity contribution in [3.63, 3.8) is 0 Å². The SMILES string of the molecule is CNC(CCO)CN1CCCOC(C)C1. The van der Waals surface area contributed by atoms with E-state index >= 15 is 0 Å². The molecule has 0 spiro atoms. The first kappa shape index (κ1) is 12.9. The van der Waals surface area contributed by atoms with Crippen molar-refractivity contribution in [3.05, 3.63) is 0 Å². The highest BCUT2D eigenvalue weighted by Crippen LogP contribution is 2.06. The maximum Gasteiger partial charge on any atom is 0.0673 e. The van der Waals surface area contributed by atoms with Crippen molar-refractivity contribution < 1.29 is 9.84 Å². The molecule has 0 bridgehead atoms. The summed E-state index contributed by atoms with van der Waals surface area (Å²) < 4.78 is 5.60. The van der Waals surface area contributed by atoms with Crippen molar-refractivity contribution in [1.82, 2.24) is 10.2 Å². The van der Waals surface area contributed by atoms with Crippen molar-refractivity contribution in [2.75, 3.05) is 39.9 Å². The van der Waals surface area contributed by atoms with Gasteiger partial charge in [0.25, 0.3) is 0 Å². The van der Waals surface area contributed by atoms with Crippen LogP contribution in [-0.2, 0) is 4.74 Å². The van der Waals surface area contributed by atoms with E-state index < -0.39 is 0 Å². The van der Waals surface area contributed by atoms with Crippen molar-refractivity contribution in [3.8, 4) is 0 Å². The number of hydrogen-bond acceptors (Lipinski definition) is 4. The van der Waals surface area contributed by atoms with Crippen LogP contribution in [-0.4, -0.2) is 62.0 Å². The number of aliphatic hydroxyl groups is 1. The Labute approximate surface area is 92.6 Å². The van der Waals surface area contributed by atoms with E-state index in [1.165, 1.54) is 0 Å². The minimum atomic E-state index is 0.255. The number of likely N-dealkylation sites (N-methyl/N-ethyl adjacent to an activating group) is 1. The fourth-order valence-electron chi connectivity index (χ4n) is 2.04. The van der Waals surface area contributed by atoms with Crippen molar-refractivity contribution in [2.24, 2.45) is 0 Å². The molecular weight excluding hydrogens is 192 g/mol. The maximum absolute atomic E-state index is 8.92. The molecule has 1 rings (SSSR count). The molecule has 1 heterocycles. The third-order valence-electron chi connectivity index (χ3n) is 2.90. The molecule has 2 N–H and O–H groups in total. The van der Waals surface area contributed by atoms with Crippen LogP contribution in [0, 0.1) is 0 Å². The standard InChI is InChI=1S/C11H24N2O2/c1-10-8-13(5-3-7-15-10)9-11(12-2)4-6-14/h10-12,14H,3-9H2,1-2H3. The molecule has 0 aromatic rings. The van der Waals surface area contributed by atoms with Crippen molar-refractivity contribution >= 4 is 0 Å². The summed E-state index contributed by atoms with van der Waals surface area (Å²) in [7, 11) is 1.96. The van der Waals surface area contributed by atoms with Gasteiger partial charge in [0.05, 0.1) is 6.10 Å². The van der Waals surface area contributed by atoms with Crippen molar-refractivity contribution in [1.29, 1.82) is 0 Å². The van der Waals surface area contributed by atoms with Crippen LogP contribution in [0.2, 0.25) is 0 Å². The fourth-order valence-corrected chi connectivity index (χ4v) is 2.04. The summed E-state index contributed by atoms with van der Waals surface area (Å²) in [4.78, 5) is 2.43. The Morgan fingerprint density at radius 2 is 2.40 bits per heavy atom. The molecule has 1 fully saturated rings. The third-order valence-corrected chi connectivity index (χ3v) is 2.90. The van der Waals surface area contributed by atoms with Gasteiger partial charge < -0.3 is 15.2 Å². The zero-order valence-electron chi connectivity index (χ0n) is 9.91. The highest BCUT2D eigenvalue weighted by Gasteiger charge is 2.17. The Kier molecular flexibility index (Phi) is 6.17. The molecule has 4 heteroatoms. The van der Waals surface area contributed by atoms with Gasteiger partial charge in [0.15, 0.2) is 0 Å². The quantitative estimate of drug-likeness (QED) is 0.682. The Bertz CT molecular complexity index is 167. The number of hydrogen-bond donors (Lipinski definition) is 2. The molecule has 0 radical (unpaired) electrons. The maximum atomic E-state index is 8.92. The van der Waals surface area contributed by atoms with E-state index in [0.29, 0.717) is 12.1 Å². The van der Waals surface area contributed by atoms with Gasteiger partial charge in [0.2, 0.25) is 0 Å². The van der Waals surface area contributed by atoms with E-state index in [0.717, 1.165) is 39.1 Å². The van der Waals surface area contributed by atoms with Gasteiger partial charge in [-0.1, -0.05) is 0 Å². The first-order chi connectivity index (χ1) is 7.26. The minimum absolute atomic E-state index is 0.255. The summed E-state index contributed by atoms with van der Waals surface area (Å²) in [6, 6.07) is 0.389. The molecule has 0 saturated carbocycles. The zero-order valence-corrected chi connectivity index (χ0v) is 9.91. The van der Waals surface area contributed by atoms with Gasteiger partial charge in [0, 0.05) is 38.9 Å². The van der Waals surface area contributed by atoms with E-state index in [1.54, 1.807) is 0 Å². The molecule has 1 saturated heterocycles. The molecule has 2 unspecified atom stereocenters. The van der Waals surface area contributed by atoms with E-state index in [2.05, 4.69) is 17.1 Å². The average Bonchev–Trinajstić information content (AvgIpc) is 2.42. The first-order valence-electron chi connectivity index (χ1n) is 5.88. The van der Waals surface area contributed by atoms with E-state index in [4.69, 9.17) is 9.84 Å². The topological polar surface area (TPSA) is 44.7 Å². The average molecular weight is 216 g/mol. The number of nitrogens with zero attached hydrogens (tertiary/aromatic N) is 1. The number of rotatable bonds is 5. The monoisotopic (exact) mass is 216 g/mol. The van der Waals surface area contributed by atoms with Crippen LogP contribution in [0.3, 0.4) is 0 Å². The molecule has 4 nitrogen and oxygen atoms in total. The van der Waals surface area contributed by atoms with Gasteiger partial charge in [-0.25, -0.2) is 0 Å². The molecule has 0 aliphatic carbocycles. The fraction of sp³-hybridized carbons (Fsp3) is 1.00. The molecule has 2 atom stereocenters. The van der Waals surface area contributed by atoms with E-state index in [-0.39, 0.29) is 6.61 Å². The number of ether oxygens (including phenoxy) is 1. The summed E-state index contributed by atoms with van der Waals surface area (Å²) >= 11 is 0. The van der Waals surface area contributed by atoms with Crippen LogP contribution in [0.25, 0.3) is 0 Å². The zero-order chi connectivity index (χ0) is 11.1. The highest BCUT2D eigenvalue weighted by molar-refractivity contribution is 4.74. The Morgan fingerprint density at radius 3 is 3.07 bits per heavy atom. The van der Waals surface area contributed by atoms with Gasteiger partial charge in [0.1, 0.15) is 0 Å². The van der Waals surface area contributed by atoms with Crippen LogP contribution in [0.5, 0.6) is 0 Å². The van der Waals surface area contributed by atoms with Gasteiger partial charge >= 0.3 is 0 Å². The second-order valence-electron chi connectivity index (χ2n) is 4.29. The largest absolute Gasteiger partial charge is 0.396 e. The molecule has 0 aromatic heterocycles. The summed E-state index contributed by atoms with van der Waals surface area (Å²) in [5.41, 5.74) is 0. The number of aliphatic hydroxyl groups excluding tert-OH is 1. The molecule has 1 aliphatic rings. The summed E-state index contributed by atoms with van der Waals surface area (Å²) in [6.45, 7) is 6.37. The predicted octanol–water partition coefficient (Wildman–Crippen LogP) is 0.0676. The van der Waals surface area contributed by atoms with Gasteiger partial charge in [-0.05, 0) is 26.8 Å². The lowest BCUT2D eigenvalue weighted by atomic mass is 10.2. The van der Waals surface area contributed by atoms with Crippen LogP contribution in [0.15, 0.2) is 0 Å². The smallest absolute Gasteiger partial charge is 0.0673 e. The lowest BCUT2D eigenvalue weighted by Crippen LogP contribution is -2.42. The Hall–Kier alpha value is -0.160. The summed E-state index contributed by atoms with van der Waals surface area (Å²) in [5.74, 6) is 0. The lowest BCUT2D eigenvalue weighted by Gasteiger charge is -2.26. The van der Waals surface area contributed by atoms with Gasteiger partial charge in [-0.15, -0.1) is 0 Å². The molecular formula is C11H24N2O2. The van der Waals surface area contributed by atoms with Crippen LogP contribution < -0.4 is 5.32 Å². The van der Waals surface area contributed by atoms with Gasteiger partial charge in [-0.2, -0.15) is 0 Å². The third kappa shape index (κ3) is 4.93. The van der Waals surface area contributed by atoms with E-state index in [9.17, 15) is 0 Å². The first-order valence-corrected chi connectivity index (χ1v) is 5.88. The minimum Gasteiger partial charge on any atom is -0.396 e. The second-order valence-corrected chi connectivity index (χ2v) is 4.29. The summed E-state index contributed by atoms with van der Waals surface area (Å²) in [5, 5.41) is 12.2. The Balaban J connectivity index is 2.33. The highest BCUT2D eigenvalue weighted by atomic mass is 16.5. The van der Waals surface area contributed by atoms with Gasteiger partial charge in [-0.3, -0.25) is 4.90 Å². The molecule has 0 aromatic carbocycles. The van der Waals surface area contributed by atoms with Crippen LogP contribution in [0.1, 0.15) is 19.8 Å². The lowest BCUT2D eigenvalue weighted by molar-refractivity contribution is 0.0660. The van der Waals surface area contributed by atoms with Crippen LogP contribution >= 0.6 is 0 Å². The normalized spacial score (nSPS) is 26.2. The van der Waals surface area contributed by atoms with Crippen molar-refractivity contribution in [2.45, 2.75) is 31.9 Å². The Morgan fingerprint density at radius 1 is 1.60 bits per heavy atom. The molecule has 0 amide bonds. The molecule has 15 heavy (non-hydrogen) atoms. The molecule has 1 aliphatic heterocycles. The molecule has 90 valence electrons.